The highest BCUT2D eigenvalue weighted by Crippen LogP contribution is 2.29. The van der Waals surface area contributed by atoms with Gasteiger partial charge in [-0.05, 0) is 17.7 Å². The molecule has 0 fully saturated rings. The van der Waals surface area contributed by atoms with Crippen LogP contribution >= 0.6 is 0 Å². The number of alkyl halides is 3. The maximum atomic E-state index is 13.0. The highest BCUT2D eigenvalue weighted by atomic mass is 19.4. The SMILES string of the molecule is COc1ccc(Cn2cc(C(=O)C=[N+]=[N-])nc2C(F)(F)F)cc1. The first kappa shape index (κ1) is 16.4. The average Bonchev–Trinajstić information content (AvgIpc) is 2.92. The molecule has 1 heterocycles. The van der Waals surface area contributed by atoms with E-state index in [4.69, 9.17) is 10.3 Å². The van der Waals surface area contributed by atoms with Crippen molar-refractivity contribution in [3.63, 3.8) is 0 Å². The van der Waals surface area contributed by atoms with Crippen LogP contribution in [0.1, 0.15) is 21.9 Å². The number of carbonyl (C=O) groups is 1. The molecule has 2 rings (SSSR count). The molecule has 6 nitrogen and oxygen atoms in total. The molecule has 0 saturated carbocycles. The van der Waals surface area contributed by atoms with Gasteiger partial charge < -0.3 is 14.8 Å². The number of carbonyl (C=O) groups excluding carboxylic acids is 1. The zero-order valence-electron chi connectivity index (χ0n) is 11.9. The lowest BCUT2D eigenvalue weighted by molar-refractivity contribution is -0.147. The minimum absolute atomic E-state index is 0.130. The quantitative estimate of drug-likeness (QED) is 0.367. The number of hydrogen-bond donors (Lipinski definition) is 0. The summed E-state index contributed by atoms with van der Waals surface area (Å²) in [6.07, 6.45) is -3.27. The molecule has 9 heteroatoms. The van der Waals surface area contributed by atoms with Crippen molar-refractivity contribution in [2.24, 2.45) is 0 Å². The summed E-state index contributed by atoms with van der Waals surface area (Å²) in [5, 5.41) is 0. The molecule has 2 aromatic rings. The number of imidazole rings is 1. The lowest BCUT2D eigenvalue weighted by Crippen LogP contribution is -2.15. The maximum absolute atomic E-state index is 13.0. The standard InChI is InChI=1S/C14H11F3N4O2/c1-23-10-4-2-9(3-5-10)7-21-8-11(12(22)6-19-18)20-13(21)14(15,16)17/h2-6,8H,7H2,1H3. The molecule has 0 radical (unpaired) electrons. The van der Waals surface area contributed by atoms with Crippen LogP contribution in [0.25, 0.3) is 5.53 Å². The highest BCUT2D eigenvalue weighted by Gasteiger charge is 2.37. The van der Waals surface area contributed by atoms with Crippen molar-refractivity contribution in [3.05, 3.63) is 53.1 Å². The molecule has 0 aliphatic rings. The Morgan fingerprint density at radius 2 is 2.04 bits per heavy atom. The topological polar surface area (TPSA) is 80.5 Å². The van der Waals surface area contributed by atoms with E-state index >= 15 is 0 Å². The summed E-state index contributed by atoms with van der Waals surface area (Å²) in [6, 6.07) is 6.44. The molecule has 0 bridgehead atoms. The predicted octanol–water partition coefficient (Wildman–Crippen LogP) is 2.44. The van der Waals surface area contributed by atoms with E-state index < -0.39 is 23.5 Å². The second-order valence-corrected chi connectivity index (χ2v) is 4.53. The monoisotopic (exact) mass is 324 g/mol. The number of methoxy groups -OCH3 is 1. The van der Waals surface area contributed by atoms with Crippen LogP contribution in [0, 0.1) is 0 Å². The first-order valence-electron chi connectivity index (χ1n) is 6.34. The first-order chi connectivity index (χ1) is 10.8. The molecule has 0 amide bonds. The summed E-state index contributed by atoms with van der Waals surface area (Å²) >= 11 is 0. The second kappa shape index (κ2) is 6.45. The number of Topliss-reactive ketones (excluding diaryl/α,β-unsaturated/α-hetero) is 1. The molecule has 0 spiro atoms. The summed E-state index contributed by atoms with van der Waals surface area (Å²) in [5.74, 6) is -1.56. The van der Waals surface area contributed by atoms with Gasteiger partial charge in [-0.15, -0.1) is 0 Å². The molecular formula is C14H11F3N4O2. The molecule has 0 N–H and O–H groups in total. The summed E-state index contributed by atoms with van der Waals surface area (Å²) in [5.41, 5.74) is 8.42. The van der Waals surface area contributed by atoms with E-state index in [1.54, 1.807) is 24.3 Å². The van der Waals surface area contributed by atoms with Crippen molar-refractivity contribution in [3.8, 4) is 5.75 Å². The molecule has 0 saturated heterocycles. The number of ketones is 1. The number of halogens is 3. The first-order valence-corrected chi connectivity index (χ1v) is 6.34. The fraction of sp³-hybridized carbons (Fsp3) is 0.214. The van der Waals surface area contributed by atoms with Gasteiger partial charge in [-0.25, -0.2) is 4.98 Å². The average molecular weight is 324 g/mol. The fourth-order valence-electron chi connectivity index (χ4n) is 1.93. The second-order valence-electron chi connectivity index (χ2n) is 4.53. The van der Waals surface area contributed by atoms with Crippen LogP contribution < -0.4 is 4.74 Å². The van der Waals surface area contributed by atoms with Gasteiger partial charge in [0.05, 0.1) is 7.11 Å². The van der Waals surface area contributed by atoms with E-state index in [9.17, 15) is 18.0 Å². The van der Waals surface area contributed by atoms with Gasteiger partial charge in [0.1, 0.15) is 11.4 Å². The van der Waals surface area contributed by atoms with Crippen LogP contribution in [0.2, 0.25) is 0 Å². The Morgan fingerprint density at radius 1 is 1.39 bits per heavy atom. The van der Waals surface area contributed by atoms with Crippen LogP contribution in [0.5, 0.6) is 5.75 Å². The molecular weight excluding hydrogens is 313 g/mol. The molecule has 0 aliphatic heterocycles. The molecule has 1 aromatic heterocycles. The largest absolute Gasteiger partial charge is 0.497 e. The van der Waals surface area contributed by atoms with Gasteiger partial charge in [0, 0.05) is 12.7 Å². The van der Waals surface area contributed by atoms with Gasteiger partial charge in [0.15, 0.2) is 0 Å². The number of rotatable bonds is 5. The van der Waals surface area contributed by atoms with Crippen LogP contribution in [0.3, 0.4) is 0 Å². The molecule has 0 aliphatic carbocycles. The Kier molecular flexibility index (Phi) is 4.61. The molecule has 23 heavy (non-hydrogen) atoms. The van der Waals surface area contributed by atoms with Gasteiger partial charge in [-0.1, -0.05) is 12.1 Å². The van der Waals surface area contributed by atoms with Crippen molar-refractivity contribution in [2.45, 2.75) is 12.7 Å². The number of ether oxygens (including phenoxy) is 1. The molecule has 1 aromatic carbocycles. The summed E-state index contributed by atoms with van der Waals surface area (Å²) < 4.78 is 44.9. The Balaban J connectivity index is 2.38. The zero-order valence-corrected chi connectivity index (χ0v) is 11.9. The maximum Gasteiger partial charge on any atom is 0.449 e. The van der Waals surface area contributed by atoms with Crippen LogP contribution in [0.4, 0.5) is 13.2 Å². The van der Waals surface area contributed by atoms with Crippen LogP contribution in [-0.4, -0.2) is 33.4 Å². The van der Waals surface area contributed by atoms with Crippen molar-refractivity contribution in [1.29, 1.82) is 0 Å². The molecule has 120 valence electrons. The number of benzene rings is 1. The summed E-state index contributed by atoms with van der Waals surface area (Å²) in [4.78, 5) is 17.3. The van der Waals surface area contributed by atoms with Gasteiger partial charge in [0.2, 0.25) is 5.82 Å². The molecule has 0 atom stereocenters. The lowest BCUT2D eigenvalue weighted by atomic mass is 10.2. The number of hydrogen-bond acceptors (Lipinski definition) is 3. The smallest absolute Gasteiger partial charge is 0.449 e. The minimum atomic E-state index is -4.72. The van der Waals surface area contributed by atoms with Gasteiger partial charge in [-0.3, -0.25) is 4.79 Å². The zero-order chi connectivity index (χ0) is 17.0. The third-order valence-electron chi connectivity index (χ3n) is 2.97. The van der Waals surface area contributed by atoms with Crippen molar-refractivity contribution in [2.75, 3.05) is 7.11 Å². The number of nitrogens with zero attached hydrogens (tertiary/aromatic N) is 4. The summed E-state index contributed by atoms with van der Waals surface area (Å²) in [7, 11) is 1.48. The van der Waals surface area contributed by atoms with E-state index in [0.717, 1.165) is 10.8 Å². The Bertz CT molecular complexity index is 759. The third-order valence-corrected chi connectivity index (χ3v) is 2.97. The van der Waals surface area contributed by atoms with E-state index in [1.807, 2.05) is 0 Å². The van der Waals surface area contributed by atoms with Crippen molar-refractivity contribution in [1.82, 2.24) is 9.55 Å². The van der Waals surface area contributed by atoms with Crippen LogP contribution in [0.15, 0.2) is 30.5 Å². The van der Waals surface area contributed by atoms with Crippen molar-refractivity contribution < 1.29 is 27.5 Å². The Morgan fingerprint density at radius 3 is 2.57 bits per heavy atom. The highest BCUT2D eigenvalue weighted by molar-refractivity contribution is 6.32. The van der Waals surface area contributed by atoms with E-state index in [-0.39, 0.29) is 6.54 Å². The third kappa shape index (κ3) is 3.83. The van der Waals surface area contributed by atoms with Gasteiger partial charge in [0.25, 0.3) is 5.78 Å². The van der Waals surface area contributed by atoms with E-state index in [1.165, 1.54) is 7.11 Å². The lowest BCUT2D eigenvalue weighted by Gasteiger charge is -2.10. The fourth-order valence-corrected chi connectivity index (χ4v) is 1.93. The number of aromatic nitrogens is 2. The molecule has 0 unspecified atom stereocenters. The van der Waals surface area contributed by atoms with Gasteiger partial charge in [-0.2, -0.15) is 18.0 Å². The van der Waals surface area contributed by atoms with E-state index in [0.29, 0.717) is 17.5 Å². The van der Waals surface area contributed by atoms with Crippen LogP contribution in [-0.2, 0) is 12.7 Å². The van der Waals surface area contributed by atoms with Crippen molar-refractivity contribution >= 4 is 12.0 Å². The predicted molar refractivity (Wildman–Crippen MR) is 73.3 cm³/mol. The minimum Gasteiger partial charge on any atom is -0.497 e. The Hall–Kier alpha value is -2.93. The van der Waals surface area contributed by atoms with E-state index in [2.05, 4.69) is 9.77 Å². The Labute approximate surface area is 128 Å². The normalized spacial score (nSPS) is 11.0. The van der Waals surface area contributed by atoms with Gasteiger partial charge >= 0.3 is 12.4 Å². The summed E-state index contributed by atoms with van der Waals surface area (Å²) in [6.45, 7) is -0.130.